The molecule has 4 heterocycles. The number of rotatable bonds is 30. The van der Waals surface area contributed by atoms with Gasteiger partial charge in [0.25, 0.3) is 11.1 Å². The first-order valence-electron chi connectivity index (χ1n) is 27.0. The van der Waals surface area contributed by atoms with E-state index in [9.17, 15) is 33.1 Å². The summed E-state index contributed by atoms with van der Waals surface area (Å²) in [4.78, 5) is 118. The quantitative estimate of drug-likeness (QED) is 0.0293. The Balaban J connectivity index is 0.00000136. The van der Waals surface area contributed by atoms with Gasteiger partial charge in [-0.25, -0.2) is 9.97 Å². The molecule has 33 heteroatoms. The molecule has 476 valence electrons. The number of hydrogen-bond donors (Lipinski definition) is 5. The van der Waals surface area contributed by atoms with Crippen LogP contribution in [0.1, 0.15) is 103 Å². The fraction of sp³-hybridized carbons (Fsp3) is 0.706. The van der Waals surface area contributed by atoms with Crippen molar-refractivity contribution in [2.45, 2.75) is 116 Å². The monoisotopic (exact) mass is 1280 g/mol. The number of imidazole rings is 2. The molecule has 4 rings (SSSR count). The third kappa shape index (κ3) is 31.6. The fourth-order valence-corrected chi connectivity index (χ4v) is 12.5. The number of nitrogens with one attached hydrogen (secondary N) is 2. The number of aromatic amines is 2. The van der Waals surface area contributed by atoms with Crippen molar-refractivity contribution in [1.29, 1.82) is 0 Å². The van der Waals surface area contributed by atoms with Crippen LogP contribution in [0.5, 0.6) is 0 Å². The van der Waals surface area contributed by atoms with Gasteiger partial charge < -0.3 is 53.6 Å². The van der Waals surface area contributed by atoms with E-state index in [0.29, 0.717) is 87.2 Å². The molecule has 0 saturated carbocycles. The lowest BCUT2D eigenvalue weighted by atomic mass is 9.99. The van der Waals surface area contributed by atoms with Crippen molar-refractivity contribution >= 4 is 112 Å². The number of thioether (sulfide) groups is 3. The van der Waals surface area contributed by atoms with Crippen LogP contribution in [-0.2, 0) is 73.9 Å². The Morgan fingerprint density at radius 2 is 0.905 bits per heavy atom. The second kappa shape index (κ2) is 40.6. The number of aromatic nitrogens is 8. The van der Waals surface area contributed by atoms with Crippen molar-refractivity contribution < 1.29 is 65.9 Å². The van der Waals surface area contributed by atoms with Crippen LogP contribution in [0.3, 0.4) is 0 Å². The summed E-state index contributed by atoms with van der Waals surface area (Å²) < 4.78 is 52.3. The zero-order valence-corrected chi connectivity index (χ0v) is 55.0. The van der Waals surface area contributed by atoms with Gasteiger partial charge in [0.15, 0.2) is 37.7 Å². The Bertz CT molecular complexity index is 2850. The molecule has 0 bridgehead atoms. The van der Waals surface area contributed by atoms with Crippen LogP contribution in [0.2, 0.25) is 0 Å². The summed E-state index contributed by atoms with van der Waals surface area (Å²) in [5.74, 6) is 1.32. The number of H-pyrrole nitrogens is 2. The smallest absolute Gasteiger partial charge is 0.373 e. The molecule has 0 aliphatic carbocycles. The van der Waals surface area contributed by atoms with E-state index in [-0.39, 0.29) is 87.5 Å². The van der Waals surface area contributed by atoms with Gasteiger partial charge in [0, 0.05) is 72.8 Å². The standard InChI is InChI=1S/C26H45N6O6PS2.C16H29N6O4P.C7H14O2S.2CO2/c1-8-9-31(10-11-32-18-28-19-20(32)29-24(27)30-21(19)33)12-15-39(36,37-13-16-40-22(34)25(2,3)4)38-14-17-41-23(35)26(5,6)7;1-4-7-21(10-11-27(24,25-5-2)26-6-3)8-9-22-12-18-13-14(22)19-16(17)20-15(13)23;1-7(2,3)6(9)10-5-4-8;2*2-1-3/h18H,8-17H2,1-7H3,(H3,27,29,30,33);12H,4-11H2,1-3H3,(H3,17,19,20,23);8H,4-5H2,1-3H3;;. The minimum Gasteiger partial charge on any atom is -0.396 e. The summed E-state index contributed by atoms with van der Waals surface area (Å²) in [5.41, 5.74) is 10.7. The Morgan fingerprint density at radius 1 is 0.583 bits per heavy atom. The first-order valence-corrected chi connectivity index (χ1v) is 33.4. The highest BCUT2D eigenvalue weighted by Gasteiger charge is 2.29. The van der Waals surface area contributed by atoms with E-state index in [1.165, 1.54) is 11.8 Å². The Kier molecular flexibility index (Phi) is 38.4. The Labute approximate surface area is 503 Å². The number of fused-ring (bicyclic) bond motifs is 2. The predicted octanol–water partition coefficient (Wildman–Crippen LogP) is 6.05. The second-order valence-electron chi connectivity index (χ2n) is 21.0. The number of nitrogens with two attached hydrogens (primary N) is 2. The molecular weight excluding hydrogens is 1190 g/mol. The molecule has 0 unspecified atom stereocenters. The van der Waals surface area contributed by atoms with E-state index in [4.69, 9.17) is 53.8 Å². The van der Waals surface area contributed by atoms with Gasteiger partial charge >= 0.3 is 27.5 Å². The van der Waals surface area contributed by atoms with E-state index in [0.717, 1.165) is 49.5 Å². The van der Waals surface area contributed by atoms with E-state index in [2.05, 4.69) is 53.6 Å². The minimum absolute atomic E-state index is 0.0228. The highest BCUT2D eigenvalue weighted by atomic mass is 32.2. The first kappa shape index (κ1) is 79.3. The summed E-state index contributed by atoms with van der Waals surface area (Å²) in [5, 5.41) is 8.62. The zero-order valence-electron chi connectivity index (χ0n) is 50.7. The summed E-state index contributed by atoms with van der Waals surface area (Å²) in [7, 11) is -6.59. The van der Waals surface area contributed by atoms with Crippen LogP contribution in [-0.4, -0.2) is 183 Å². The molecule has 0 amide bonds. The highest BCUT2D eigenvalue weighted by molar-refractivity contribution is 8.14. The summed E-state index contributed by atoms with van der Waals surface area (Å²) in [6, 6.07) is 0. The molecule has 0 spiro atoms. The minimum atomic E-state index is -3.52. The summed E-state index contributed by atoms with van der Waals surface area (Å²) in [6.07, 6.45) is 5.97. The number of aliphatic hydroxyl groups excluding tert-OH is 1. The number of aliphatic hydroxyl groups is 1. The van der Waals surface area contributed by atoms with Crippen molar-refractivity contribution in [3.63, 3.8) is 0 Å². The highest BCUT2D eigenvalue weighted by Crippen LogP contribution is 2.49. The topological polar surface area (TPSA) is 396 Å². The molecule has 0 saturated heterocycles. The predicted molar refractivity (Wildman–Crippen MR) is 327 cm³/mol. The third-order valence-corrected chi connectivity index (χ3v) is 18.5. The number of hydrogen-bond acceptors (Lipinski definition) is 27. The molecule has 0 atom stereocenters. The summed E-state index contributed by atoms with van der Waals surface area (Å²) >= 11 is 3.50. The Morgan fingerprint density at radius 3 is 1.20 bits per heavy atom. The van der Waals surface area contributed by atoms with Gasteiger partial charge in [-0.1, -0.05) is 111 Å². The van der Waals surface area contributed by atoms with Gasteiger partial charge in [0.2, 0.25) is 11.9 Å². The second-order valence-corrected chi connectivity index (χ2v) is 28.6. The van der Waals surface area contributed by atoms with Gasteiger partial charge in [-0.2, -0.15) is 29.1 Å². The SMILES string of the molecule is CC(C)(C)C(=O)SCCO.CCCN(CCn1cnc2c(=O)[nH]c(N)nc21)CCP(=O)(OCC)OCC.CCCN(CCn1cnc2c(=O)[nH]c(N)nc21)CCP(=O)(OCCSC(=O)C(C)(C)C)OCCSC(=O)C(C)(C)C.O=C=O.O=C=O. The zero-order chi connectivity index (χ0) is 64.3. The van der Waals surface area contributed by atoms with Gasteiger partial charge in [-0.15, -0.1) is 0 Å². The average Bonchev–Trinajstić information content (AvgIpc) is 4.05. The molecule has 4 aromatic rings. The van der Waals surface area contributed by atoms with Crippen LogP contribution in [0.25, 0.3) is 22.3 Å². The van der Waals surface area contributed by atoms with Gasteiger partial charge in [0.1, 0.15) is 0 Å². The molecule has 0 aromatic carbocycles. The fourth-order valence-electron chi connectivity index (χ4n) is 6.73. The van der Waals surface area contributed by atoms with E-state index >= 15 is 0 Å². The van der Waals surface area contributed by atoms with Gasteiger partial charge in [-0.05, 0) is 39.8 Å². The number of carbonyl (C=O) groups excluding carboxylic acids is 7. The van der Waals surface area contributed by atoms with Crippen molar-refractivity contribution in [3.05, 3.63) is 33.4 Å². The lowest BCUT2D eigenvalue weighted by molar-refractivity contribution is -0.193. The normalized spacial score (nSPS) is 11.8. The lowest BCUT2D eigenvalue weighted by Crippen LogP contribution is -2.31. The van der Waals surface area contributed by atoms with Crippen LogP contribution >= 0.6 is 50.5 Å². The molecule has 0 radical (unpaired) electrons. The van der Waals surface area contributed by atoms with Crippen LogP contribution in [0, 0.1) is 16.2 Å². The van der Waals surface area contributed by atoms with Crippen molar-refractivity contribution in [2.24, 2.45) is 16.2 Å². The molecule has 0 aliphatic heterocycles. The molecule has 28 nitrogen and oxygen atoms in total. The van der Waals surface area contributed by atoms with Crippen molar-refractivity contribution in [1.82, 2.24) is 48.8 Å². The first-order chi connectivity index (χ1) is 39.3. The van der Waals surface area contributed by atoms with Crippen molar-refractivity contribution in [3.8, 4) is 0 Å². The van der Waals surface area contributed by atoms with Crippen LogP contribution < -0.4 is 22.6 Å². The maximum absolute atomic E-state index is 13.8. The molecule has 0 aliphatic rings. The molecular formula is C51H88N12O16P2S3. The Hall–Kier alpha value is -4.70. The largest absolute Gasteiger partial charge is 0.396 e. The lowest BCUT2D eigenvalue weighted by Gasteiger charge is -2.25. The van der Waals surface area contributed by atoms with E-state index in [1.807, 2.05) is 62.3 Å². The number of nitrogen functional groups attached to an aromatic ring is 2. The molecule has 7 N–H and O–H groups in total. The van der Waals surface area contributed by atoms with Crippen LogP contribution in [0.4, 0.5) is 11.9 Å². The maximum Gasteiger partial charge on any atom is 0.373 e. The average molecular weight is 1280 g/mol. The van der Waals surface area contributed by atoms with Crippen LogP contribution in [0.15, 0.2) is 22.2 Å². The van der Waals surface area contributed by atoms with E-state index in [1.54, 1.807) is 35.6 Å². The van der Waals surface area contributed by atoms with E-state index < -0.39 is 31.6 Å². The number of carbonyl (C=O) groups is 3. The maximum atomic E-state index is 13.8. The van der Waals surface area contributed by atoms with Gasteiger partial charge in [-0.3, -0.25) is 43.1 Å². The van der Waals surface area contributed by atoms with Gasteiger partial charge in [0.05, 0.1) is 58.0 Å². The number of nitrogens with zero attached hydrogens (tertiary/aromatic N) is 8. The summed E-state index contributed by atoms with van der Waals surface area (Å²) in [6.45, 7) is 30.5. The molecule has 0 fully saturated rings. The van der Waals surface area contributed by atoms with Crippen molar-refractivity contribution in [2.75, 3.05) is 113 Å². The molecule has 4 aromatic heterocycles. The third-order valence-electron chi connectivity index (χ3n) is 10.8. The number of anilines is 2. The molecule has 84 heavy (non-hydrogen) atoms.